The lowest BCUT2D eigenvalue weighted by molar-refractivity contribution is 0.103. The number of carbonyl (C=O) groups is 2. The Bertz CT molecular complexity index is 903. The third-order valence-corrected chi connectivity index (χ3v) is 4.06. The van der Waals surface area contributed by atoms with Gasteiger partial charge in [-0.1, -0.05) is 42.5 Å². The number of fused-ring (bicyclic) bond motifs is 2. The minimum Gasteiger partial charge on any atom is -0.340 e. The van der Waals surface area contributed by atoms with Crippen molar-refractivity contribution in [3.05, 3.63) is 59.3 Å². The molecule has 4 rings (SSSR count). The number of ketones is 1. The highest BCUT2D eigenvalue weighted by Gasteiger charge is 2.28. The van der Waals surface area contributed by atoms with Crippen molar-refractivity contribution in [2.24, 2.45) is 7.05 Å². The van der Waals surface area contributed by atoms with Gasteiger partial charge in [-0.25, -0.2) is 0 Å². The molecule has 0 spiro atoms. The van der Waals surface area contributed by atoms with Gasteiger partial charge in [0.2, 0.25) is 0 Å². The van der Waals surface area contributed by atoms with Crippen LogP contribution in [0.4, 0.5) is 0 Å². The van der Waals surface area contributed by atoms with Crippen LogP contribution < -0.4 is 0 Å². The molecule has 2 aromatic carbocycles. The number of hydrogen-bond donors (Lipinski definition) is 0. The van der Waals surface area contributed by atoms with E-state index in [2.05, 4.69) is 0 Å². The number of rotatable bonds is 1. The summed E-state index contributed by atoms with van der Waals surface area (Å²) in [5, 5.41) is 1.73. The van der Waals surface area contributed by atoms with Crippen molar-refractivity contribution in [3.63, 3.8) is 0 Å². The van der Waals surface area contributed by atoms with Gasteiger partial charge in [0.25, 0.3) is 0 Å². The molecule has 0 amide bonds. The molecule has 0 atom stereocenters. The number of hydrogen-bond acceptors (Lipinski definition) is 2. The van der Waals surface area contributed by atoms with Crippen LogP contribution in [0, 0.1) is 0 Å². The SMILES string of the molecule is Cn1c(C=O)c2cccc3c2c1-c1ccccc1C3=O. The normalized spacial score (nSPS) is 12.6. The maximum Gasteiger partial charge on any atom is 0.194 e. The third-order valence-electron chi connectivity index (χ3n) is 4.06. The van der Waals surface area contributed by atoms with Gasteiger partial charge in [0.05, 0.1) is 11.4 Å². The monoisotopic (exact) mass is 261 g/mol. The largest absolute Gasteiger partial charge is 0.340 e. The number of benzene rings is 2. The molecule has 0 fully saturated rings. The molecular formula is C17H11NO2. The van der Waals surface area contributed by atoms with Gasteiger partial charge in [0, 0.05) is 34.5 Å². The van der Waals surface area contributed by atoms with E-state index in [1.165, 1.54) is 0 Å². The highest BCUT2D eigenvalue weighted by molar-refractivity contribution is 6.27. The quantitative estimate of drug-likeness (QED) is 0.493. The highest BCUT2D eigenvalue weighted by Crippen LogP contribution is 2.41. The molecule has 96 valence electrons. The minimum atomic E-state index is 0.0294. The van der Waals surface area contributed by atoms with Crippen LogP contribution in [-0.2, 0) is 7.05 Å². The Kier molecular flexibility index (Phi) is 2.05. The summed E-state index contributed by atoms with van der Waals surface area (Å²) >= 11 is 0. The van der Waals surface area contributed by atoms with Gasteiger partial charge in [-0.15, -0.1) is 0 Å². The first-order valence-corrected chi connectivity index (χ1v) is 6.44. The Hall–Kier alpha value is -2.68. The summed E-state index contributed by atoms with van der Waals surface area (Å²) in [7, 11) is 1.87. The van der Waals surface area contributed by atoms with Crippen molar-refractivity contribution in [2.75, 3.05) is 0 Å². The maximum absolute atomic E-state index is 12.6. The van der Waals surface area contributed by atoms with Gasteiger partial charge in [-0.3, -0.25) is 9.59 Å². The average Bonchev–Trinajstić information content (AvgIpc) is 2.77. The number of aldehydes is 1. The summed E-state index contributed by atoms with van der Waals surface area (Å²) in [4.78, 5) is 24.0. The molecule has 1 aromatic heterocycles. The fraction of sp³-hybridized carbons (Fsp3) is 0.0588. The number of nitrogens with zero attached hydrogens (tertiary/aromatic N) is 1. The maximum atomic E-state index is 12.6. The van der Waals surface area contributed by atoms with Crippen LogP contribution in [0.3, 0.4) is 0 Å². The second-order valence-corrected chi connectivity index (χ2v) is 5.01. The Morgan fingerprint density at radius 3 is 2.40 bits per heavy atom. The lowest BCUT2D eigenvalue weighted by atomic mass is 9.87. The molecular weight excluding hydrogens is 250 g/mol. The minimum absolute atomic E-state index is 0.0294. The molecule has 1 aliphatic carbocycles. The first kappa shape index (κ1) is 11.2. The smallest absolute Gasteiger partial charge is 0.194 e. The summed E-state index contributed by atoms with van der Waals surface area (Å²) < 4.78 is 1.88. The zero-order valence-corrected chi connectivity index (χ0v) is 10.9. The first-order valence-electron chi connectivity index (χ1n) is 6.44. The van der Waals surface area contributed by atoms with Crippen LogP contribution in [0.1, 0.15) is 26.4 Å². The van der Waals surface area contributed by atoms with E-state index in [9.17, 15) is 9.59 Å². The molecule has 20 heavy (non-hydrogen) atoms. The standard InChI is InChI=1S/C17H11NO2/c1-18-14(9-19)12-7-4-8-13-15(12)16(18)10-5-2-3-6-11(10)17(13)20/h2-9H,1H3. The van der Waals surface area contributed by atoms with E-state index in [1.807, 2.05) is 54.1 Å². The lowest BCUT2D eigenvalue weighted by Gasteiger charge is -2.17. The lowest BCUT2D eigenvalue weighted by Crippen LogP contribution is -2.10. The Balaban J connectivity index is 2.31. The van der Waals surface area contributed by atoms with E-state index >= 15 is 0 Å². The van der Waals surface area contributed by atoms with Gasteiger partial charge in [0.1, 0.15) is 0 Å². The van der Waals surface area contributed by atoms with Crippen LogP contribution in [-0.4, -0.2) is 16.6 Å². The van der Waals surface area contributed by atoms with E-state index in [1.54, 1.807) is 0 Å². The van der Waals surface area contributed by atoms with E-state index in [0.29, 0.717) is 16.8 Å². The molecule has 0 aliphatic heterocycles. The van der Waals surface area contributed by atoms with Crippen LogP contribution in [0.2, 0.25) is 0 Å². The van der Waals surface area contributed by atoms with Gasteiger partial charge >= 0.3 is 0 Å². The molecule has 3 nitrogen and oxygen atoms in total. The molecule has 0 bridgehead atoms. The molecule has 0 radical (unpaired) electrons. The van der Waals surface area contributed by atoms with Crippen molar-refractivity contribution in [2.45, 2.75) is 0 Å². The van der Waals surface area contributed by atoms with Gasteiger partial charge in [0.15, 0.2) is 12.1 Å². The van der Waals surface area contributed by atoms with E-state index in [4.69, 9.17) is 0 Å². The number of aromatic nitrogens is 1. The summed E-state index contributed by atoms with van der Waals surface area (Å²) in [6.07, 6.45) is 0.855. The first-order chi connectivity index (χ1) is 9.74. The highest BCUT2D eigenvalue weighted by atomic mass is 16.1. The molecule has 1 aliphatic rings. The zero-order chi connectivity index (χ0) is 13.9. The molecule has 0 unspecified atom stereocenters. The summed E-state index contributed by atoms with van der Waals surface area (Å²) in [6.45, 7) is 0. The molecule has 3 heteroatoms. The summed E-state index contributed by atoms with van der Waals surface area (Å²) in [5.41, 5.74) is 3.84. The number of carbonyl (C=O) groups excluding carboxylic acids is 2. The Labute approximate surface area is 115 Å². The van der Waals surface area contributed by atoms with Gasteiger partial charge in [-0.2, -0.15) is 0 Å². The fourth-order valence-electron chi connectivity index (χ4n) is 3.17. The van der Waals surface area contributed by atoms with Crippen molar-refractivity contribution in [1.29, 1.82) is 0 Å². The molecule has 0 saturated carbocycles. The van der Waals surface area contributed by atoms with Crippen LogP contribution in [0.5, 0.6) is 0 Å². The van der Waals surface area contributed by atoms with Crippen LogP contribution in [0.25, 0.3) is 22.0 Å². The van der Waals surface area contributed by atoms with E-state index in [0.717, 1.165) is 28.3 Å². The van der Waals surface area contributed by atoms with Crippen molar-refractivity contribution in [1.82, 2.24) is 4.57 Å². The molecule has 3 aromatic rings. The van der Waals surface area contributed by atoms with E-state index in [-0.39, 0.29) is 5.78 Å². The molecule has 1 heterocycles. The van der Waals surface area contributed by atoms with Crippen molar-refractivity contribution >= 4 is 22.8 Å². The average molecular weight is 261 g/mol. The fourth-order valence-corrected chi connectivity index (χ4v) is 3.17. The third kappa shape index (κ3) is 1.15. The predicted molar refractivity (Wildman–Crippen MR) is 77.2 cm³/mol. The summed E-state index contributed by atoms with van der Waals surface area (Å²) in [6, 6.07) is 13.1. The van der Waals surface area contributed by atoms with E-state index < -0.39 is 0 Å². The Morgan fingerprint density at radius 1 is 0.950 bits per heavy atom. The van der Waals surface area contributed by atoms with Crippen LogP contribution >= 0.6 is 0 Å². The molecule has 0 N–H and O–H groups in total. The second-order valence-electron chi connectivity index (χ2n) is 5.01. The topological polar surface area (TPSA) is 39.1 Å². The predicted octanol–water partition coefficient (Wildman–Crippen LogP) is 3.20. The Morgan fingerprint density at radius 2 is 1.65 bits per heavy atom. The van der Waals surface area contributed by atoms with Gasteiger partial charge in [-0.05, 0) is 0 Å². The van der Waals surface area contributed by atoms with Crippen LogP contribution in [0.15, 0.2) is 42.5 Å². The van der Waals surface area contributed by atoms with Crippen molar-refractivity contribution < 1.29 is 9.59 Å². The molecule has 0 saturated heterocycles. The van der Waals surface area contributed by atoms with Crippen molar-refractivity contribution in [3.8, 4) is 11.3 Å². The zero-order valence-electron chi connectivity index (χ0n) is 10.9. The summed E-state index contributed by atoms with van der Waals surface area (Å²) in [5.74, 6) is 0.0294. The second kappa shape index (κ2) is 3.67. The van der Waals surface area contributed by atoms with Gasteiger partial charge < -0.3 is 4.57 Å².